The van der Waals surface area contributed by atoms with Crippen molar-refractivity contribution in [3.63, 3.8) is 0 Å². The van der Waals surface area contributed by atoms with Gasteiger partial charge in [0.2, 0.25) is 0 Å². The van der Waals surface area contributed by atoms with Crippen molar-refractivity contribution in [1.82, 2.24) is 5.32 Å². The van der Waals surface area contributed by atoms with E-state index in [4.69, 9.17) is 0 Å². The Hall–Kier alpha value is -0.480. The van der Waals surface area contributed by atoms with E-state index in [-0.39, 0.29) is 11.6 Å². The van der Waals surface area contributed by atoms with E-state index in [9.17, 15) is 8.78 Å². The summed E-state index contributed by atoms with van der Waals surface area (Å²) in [5, 5.41) is 3.27. The fourth-order valence-corrected chi connectivity index (χ4v) is 3.44. The third kappa shape index (κ3) is 3.54. The zero-order valence-corrected chi connectivity index (χ0v) is 12.8. The van der Waals surface area contributed by atoms with Gasteiger partial charge in [0.05, 0.1) is 0 Å². The smallest absolute Gasteiger partial charge is 0.132 e. The highest BCUT2D eigenvalue weighted by Crippen LogP contribution is 2.37. The maximum atomic E-state index is 14.1. The molecule has 1 saturated carbocycles. The molecule has 0 saturated heterocycles. The van der Waals surface area contributed by atoms with Crippen LogP contribution in [0.2, 0.25) is 0 Å². The fraction of sp³-hybridized carbons (Fsp3) is 0.600. The number of nitrogens with one attached hydrogen (secondary N) is 1. The molecule has 1 atom stereocenters. The molecule has 1 fully saturated rings. The molecule has 0 amide bonds. The van der Waals surface area contributed by atoms with Gasteiger partial charge in [0, 0.05) is 16.1 Å². The van der Waals surface area contributed by atoms with E-state index in [2.05, 4.69) is 21.2 Å². The Morgan fingerprint density at radius 3 is 2.32 bits per heavy atom. The van der Waals surface area contributed by atoms with Gasteiger partial charge in [-0.05, 0) is 37.4 Å². The summed E-state index contributed by atoms with van der Waals surface area (Å²) in [5.41, 5.74) is 0.206. The van der Waals surface area contributed by atoms with Gasteiger partial charge in [-0.15, -0.1) is 0 Å². The van der Waals surface area contributed by atoms with Gasteiger partial charge in [-0.1, -0.05) is 42.1 Å². The molecular formula is C15H20BrF2N. The van der Waals surface area contributed by atoms with Crippen LogP contribution in [0.4, 0.5) is 8.78 Å². The monoisotopic (exact) mass is 331 g/mol. The minimum atomic E-state index is -0.455. The highest BCUT2D eigenvalue weighted by atomic mass is 79.9. The highest BCUT2D eigenvalue weighted by molar-refractivity contribution is 9.10. The summed E-state index contributed by atoms with van der Waals surface area (Å²) in [5.74, 6) is -0.578. The summed E-state index contributed by atoms with van der Waals surface area (Å²) in [4.78, 5) is 0. The molecule has 1 nitrogen and oxygen atoms in total. The highest BCUT2D eigenvalue weighted by Gasteiger charge is 2.29. The van der Waals surface area contributed by atoms with E-state index in [1.54, 1.807) is 0 Å². The van der Waals surface area contributed by atoms with Crippen LogP contribution in [0.3, 0.4) is 0 Å². The lowest BCUT2D eigenvalue weighted by Crippen LogP contribution is -2.31. The molecule has 1 aromatic carbocycles. The Labute approximate surface area is 121 Å². The van der Waals surface area contributed by atoms with Gasteiger partial charge in [0.25, 0.3) is 0 Å². The third-order valence-corrected chi connectivity index (χ3v) is 4.36. The van der Waals surface area contributed by atoms with Crippen LogP contribution in [0.5, 0.6) is 0 Å². The predicted molar refractivity (Wildman–Crippen MR) is 77.1 cm³/mol. The number of hydrogen-bond donors (Lipinski definition) is 1. The molecule has 2 rings (SSSR count). The Balaban J connectivity index is 2.32. The van der Waals surface area contributed by atoms with E-state index < -0.39 is 11.6 Å². The molecule has 0 bridgehead atoms. The molecule has 0 aromatic heterocycles. The molecule has 1 aliphatic carbocycles. The predicted octanol–water partition coefficient (Wildman–Crippen LogP) is 4.96. The van der Waals surface area contributed by atoms with Gasteiger partial charge in [-0.3, -0.25) is 0 Å². The van der Waals surface area contributed by atoms with Gasteiger partial charge in [-0.25, -0.2) is 8.78 Å². The second-order valence-corrected chi connectivity index (χ2v) is 6.13. The molecule has 0 radical (unpaired) electrons. The van der Waals surface area contributed by atoms with Gasteiger partial charge in [0.15, 0.2) is 0 Å². The summed E-state index contributed by atoms with van der Waals surface area (Å²) in [6.07, 6.45) is 5.65. The number of halogens is 3. The molecule has 0 aliphatic heterocycles. The quantitative estimate of drug-likeness (QED) is 0.822. The second-order valence-electron chi connectivity index (χ2n) is 5.22. The Kier molecular flexibility index (Phi) is 5.34. The summed E-state index contributed by atoms with van der Waals surface area (Å²) in [6.45, 7) is 2.70. The fourth-order valence-electron chi connectivity index (χ4n) is 3.04. The van der Waals surface area contributed by atoms with Crippen molar-refractivity contribution in [1.29, 1.82) is 0 Å². The van der Waals surface area contributed by atoms with Crippen molar-refractivity contribution < 1.29 is 8.78 Å². The van der Waals surface area contributed by atoms with Gasteiger partial charge in [0.1, 0.15) is 11.6 Å². The first-order valence-electron chi connectivity index (χ1n) is 7.01. The average molecular weight is 332 g/mol. The third-order valence-electron chi connectivity index (χ3n) is 3.90. The summed E-state index contributed by atoms with van der Waals surface area (Å²) in [6, 6.07) is 2.50. The largest absolute Gasteiger partial charge is 0.310 e. The van der Waals surface area contributed by atoms with Crippen molar-refractivity contribution in [2.75, 3.05) is 6.54 Å². The maximum absolute atomic E-state index is 14.1. The lowest BCUT2D eigenvalue weighted by atomic mass is 9.81. The molecule has 1 unspecified atom stereocenters. The van der Waals surface area contributed by atoms with Gasteiger partial charge < -0.3 is 5.32 Å². The Morgan fingerprint density at radius 1 is 1.21 bits per heavy atom. The maximum Gasteiger partial charge on any atom is 0.132 e. The topological polar surface area (TPSA) is 12.0 Å². The molecule has 1 aromatic rings. The molecule has 1 aliphatic rings. The van der Waals surface area contributed by atoms with Crippen LogP contribution in [-0.2, 0) is 0 Å². The first-order chi connectivity index (χ1) is 9.13. The van der Waals surface area contributed by atoms with Crippen LogP contribution in [0.25, 0.3) is 0 Å². The molecular weight excluding hydrogens is 312 g/mol. The lowest BCUT2D eigenvalue weighted by Gasteiger charge is -2.31. The standard InChI is InChI=1S/C15H20BrF2N/c1-2-19-15(10-6-4-3-5-7-10)14-12(17)8-11(16)9-13(14)18/h8-10,15,19H,2-7H2,1H3. The van der Waals surface area contributed by atoms with Crippen LogP contribution in [0, 0.1) is 17.6 Å². The van der Waals surface area contributed by atoms with E-state index in [0.717, 1.165) is 32.2 Å². The molecule has 106 valence electrons. The Bertz CT molecular complexity index is 407. The molecule has 0 spiro atoms. The zero-order valence-electron chi connectivity index (χ0n) is 11.2. The Morgan fingerprint density at radius 2 is 1.79 bits per heavy atom. The van der Waals surface area contributed by atoms with Crippen molar-refractivity contribution >= 4 is 15.9 Å². The number of benzene rings is 1. The SMILES string of the molecule is CCNC(c1c(F)cc(Br)cc1F)C1CCCCC1. The normalized spacial score (nSPS) is 18.5. The summed E-state index contributed by atoms with van der Waals surface area (Å²) >= 11 is 3.13. The lowest BCUT2D eigenvalue weighted by molar-refractivity contribution is 0.264. The average Bonchev–Trinajstić information content (AvgIpc) is 2.37. The van der Waals surface area contributed by atoms with E-state index in [0.29, 0.717) is 10.4 Å². The second kappa shape index (κ2) is 6.80. The number of hydrogen-bond acceptors (Lipinski definition) is 1. The van der Waals surface area contributed by atoms with Crippen molar-refractivity contribution in [3.8, 4) is 0 Å². The van der Waals surface area contributed by atoms with E-state index in [1.165, 1.54) is 18.6 Å². The van der Waals surface area contributed by atoms with Gasteiger partial charge in [-0.2, -0.15) is 0 Å². The summed E-state index contributed by atoms with van der Waals surface area (Å²) < 4.78 is 28.7. The van der Waals surface area contributed by atoms with Crippen LogP contribution in [0.15, 0.2) is 16.6 Å². The van der Waals surface area contributed by atoms with Crippen LogP contribution < -0.4 is 5.32 Å². The first-order valence-corrected chi connectivity index (χ1v) is 7.80. The number of rotatable bonds is 4. The molecule has 0 heterocycles. The first kappa shape index (κ1) is 14.9. The minimum absolute atomic E-state index is 0.206. The molecule has 1 N–H and O–H groups in total. The van der Waals surface area contributed by atoms with Crippen molar-refractivity contribution in [3.05, 3.63) is 33.8 Å². The molecule has 19 heavy (non-hydrogen) atoms. The van der Waals surface area contributed by atoms with Crippen LogP contribution in [0.1, 0.15) is 50.6 Å². The minimum Gasteiger partial charge on any atom is -0.310 e. The van der Waals surface area contributed by atoms with E-state index in [1.807, 2.05) is 6.92 Å². The zero-order chi connectivity index (χ0) is 13.8. The molecule has 4 heteroatoms. The van der Waals surface area contributed by atoms with E-state index >= 15 is 0 Å². The van der Waals surface area contributed by atoms with Crippen LogP contribution >= 0.6 is 15.9 Å². The summed E-state index contributed by atoms with van der Waals surface area (Å²) in [7, 11) is 0. The van der Waals surface area contributed by atoms with Crippen LogP contribution in [-0.4, -0.2) is 6.54 Å². The van der Waals surface area contributed by atoms with Crippen molar-refractivity contribution in [2.45, 2.75) is 45.1 Å². The van der Waals surface area contributed by atoms with Crippen molar-refractivity contribution in [2.24, 2.45) is 5.92 Å². The van der Waals surface area contributed by atoms with Gasteiger partial charge >= 0.3 is 0 Å².